The molecule has 6 nitrogen and oxygen atoms in total. The number of rotatable bonds is 2. The molecule has 1 saturated heterocycles. The third kappa shape index (κ3) is 3.05. The smallest absolute Gasteiger partial charge is 0.197 e. The Kier molecular flexibility index (Phi) is 4.54. The molecule has 1 atom stereocenters. The Morgan fingerprint density at radius 3 is 3.05 bits per heavy atom. The first-order chi connectivity index (χ1) is 10.7. The fourth-order valence-electron chi connectivity index (χ4n) is 2.66. The van der Waals surface area contributed by atoms with Crippen molar-refractivity contribution in [3.05, 3.63) is 35.1 Å². The fourth-order valence-corrected chi connectivity index (χ4v) is 3.06. The van der Waals surface area contributed by atoms with E-state index in [1.54, 1.807) is 0 Å². The molecule has 0 bridgehead atoms. The predicted molar refractivity (Wildman–Crippen MR) is 89.1 cm³/mol. The van der Waals surface area contributed by atoms with E-state index >= 15 is 0 Å². The Balaban J connectivity index is 1.87. The zero-order chi connectivity index (χ0) is 15.5. The van der Waals surface area contributed by atoms with Gasteiger partial charge in [0.1, 0.15) is 0 Å². The maximum absolute atomic E-state index is 6.01. The Labute approximate surface area is 139 Å². The van der Waals surface area contributed by atoms with E-state index in [1.165, 1.54) is 4.80 Å². The Morgan fingerprint density at radius 2 is 2.27 bits per heavy atom. The van der Waals surface area contributed by atoms with Crippen LogP contribution in [-0.2, 0) is 0 Å². The highest BCUT2D eigenvalue weighted by Gasteiger charge is 2.29. The average molecular weight is 337 g/mol. The molecule has 1 unspecified atom stereocenters. The van der Waals surface area contributed by atoms with Gasteiger partial charge in [0.25, 0.3) is 0 Å². The van der Waals surface area contributed by atoms with Crippen LogP contribution in [0.25, 0.3) is 5.69 Å². The van der Waals surface area contributed by atoms with Crippen molar-refractivity contribution in [2.75, 3.05) is 13.6 Å². The molecule has 1 aromatic carbocycles. The molecule has 0 amide bonds. The minimum atomic E-state index is 0.0710. The van der Waals surface area contributed by atoms with Crippen molar-refractivity contribution in [2.24, 2.45) is 0 Å². The van der Waals surface area contributed by atoms with Crippen LogP contribution >= 0.6 is 23.8 Å². The number of nitrogens with zero attached hydrogens (tertiary/aromatic N) is 5. The minimum absolute atomic E-state index is 0.0710. The average Bonchev–Trinajstić information content (AvgIpc) is 3.04. The molecule has 1 fully saturated rings. The highest BCUT2D eigenvalue weighted by Crippen LogP contribution is 2.28. The molecule has 0 aliphatic carbocycles. The van der Waals surface area contributed by atoms with Crippen LogP contribution in [0, 0.1) is 0 Å². The standard InChI is InChI=1S/C14H17ClN6S/c1-16-14(22)20-8-3-2-7-12(20)13-17-19-21(18-13)11-6-4-5-10(15)9-11/h4-6,9,12H,2-3,7-8H2,1H3,(H,16,22). The quantitative estimate of drug-likeness (QED) is 0.849. The molecule has 22 heavy (non-hydrogen) atoms. The maximum Gasteiger partial charge on any atom is 0.197 e. The first-order valence-corrected chi connectivity index (χ1v) is 8.02. The molecule has 8 heteroatoms. The summed E-state index contributed by atoms with van der Waals surface area (Å²) in [6.45, 7) is 0.913. The Hall–Kier alpha value is -1.73. The van der Waals surface area contributed by atoms with Gasteiger partial charge in [-0.15, -0.1) is 15.0 Å². The molecule has 1 aliphatic heterocycles. The summed E-state index contributed by atoms with van der Waals surface area (Å²) in [5.41, 5.74) is 0.796. The first kappa shape index (κ1) is 15.2. The molecule has 2 aromatic rings. The Bertz CT molecular complexity index is 673. The lowest BCUT2D eigenvalue weighted by molar-refractivity contribution is 0.233. The van der Waals surface area contributed by atoms with Crippen molar-refractivity contribution in [1.82, 2.24) is 30.4 Å². The van der Waals surface area contributed by atoms with Gasteiger partial charge in [-0.25, -0.2) is 0 Å². The molecule has 1 N–H and O–H groups in total. The van der Waals surface area contributed by atoms with Crippen molar-refractivity contribution in [2.45, 2.75) is 25.3 Å². The van der Waals surface area contributed by atoms with E-state index in [-0.39, 0.29) is 6.04 Å². The van der Waals surface area contributed by atoms with Crippen molar-refractivity contribution in [3.8, 4) is 5.69 Å². The summed E-state index contributed by atoms with van der Waals surface area (Å²) in [7, 11) is 1.84. The van der Waals surface area contributed by atoms with Crippen molar-refractivity contribution in [3.63, 3.8) is 0 Å². The van der Waals surface area contributed by atoms with E-state index in [9.17, 15) is 0 Å². The zero-order valence-electron chi connectivity index (χ0n) is 12.2. The van der Waals surface area contributed by atoms with Gasteiger partial charge in [0.05, 0.1) is 11.7 Å². The molecule has 0 spiro atoms. The molecule has 116 valence electrons. The number of hydrogen-bond acceptors (Lipinski definition) is 4. The molecule has 2 heterocycles. The number of likely N-dealkylation sites (tertiary alicyclic amines) is 1. The predicted octanol–water partition coefficient (Wildman–Crippen LogP) is 2.35. The number of benzene rings is 1. The number of thiocarbonyl (C=S) groups is 1. The van der Waals surface area contributed by atoms with Crippen molar-refractivity contribution < 1.29 is 0 Å². The number of tetrazole rings is 1. The largest absolute Gasteiger partial charge is 0.366 e. The van der Waals surface area contributed by atoms with E-state index in [0.29, 0.717) is 10.8 Å². The molecule has 1 aliphatic rings. The lowest BCUT2D eigenvalue weighted by atomic mass is 10.0. The highest BCUT2D eigenvalue weighted by molar-refractivity contribution is 7.80. The first-order valence-electron chi connectivity index (χ1n) is 7.23. The maximum atomic E-state index is 6.01. The third-order valence-electron chi connectivity index (χ3n) is 3.74. The van der Waals surface area contributed by atoms with E-state index in [4.69, 9.17) is 23.8 Å². The van der Waals surface area contributed by atoms with Gasteiger partial charge in [0, 0.05) is 18.6 Å². The molecular weight excluding hydrogens is 320 g/mol. The number of nitrogens with one attached hydrogen (secondary N) is 1. The van der Waals surface area contributed by atoms with E-state index < -0.39 is 0 Å². The topological polar surface area (TPSA) is 58.9 Å². The Morgan fingerprint density at radius 1 is 1.41 bits per heavy atom. The summed E-state index contributed by atoms with van der Waals surface area (Å²) in [6.07, 6.45) is 3.24. The SMILES string of the molecule is CNC(=S)N1CCCCC1c1nnn(-c2cccc(Cl)c2)n1. The monoisotopic (exact) mass is 336 g/mol. The number of halogens is 1. The van der Waals surface area contributed by atoms with Crippen LogP contribution in [-0.4, -0.2) is 43.8 Å². The van der Waals surface area contributed by atoms with Gasteiger partial charge in [0.15, 0.2) is 10.9 Å². The van der Waals surface area contributed by atoms with Crippen LogP contribution in [0.15, 0.2) is 24.3 Å². The van der Waals surface area contributed by atoms with Gasteiger partial charge < -0.3 is 10.2 Å². The zero-order valence-corrected chi connectivity index (χ0v) is 13.8. The number of hydrogen-bond donors (Lipinski definition) is 1. The van der Waals surface area contributed by atoms with Gasteiger partial charge in [0.2, 0.25) is 0 Å². The fraction of sp³-hybridized carbons (Fsp3) is 0.429. The van der Waals surface area contributed by atoms with Crippen LogP contribution < -0.4 is 5.32 Å². The highest BCUT2D eigenvalue weighted by atomic mass is 35.5. The van der Waals surface area contributed by atoms with Crippen LogP contribution in [0.2, 0.25) is 5.02 Å². The second-order valence-corrected chi connectivity index (χ2v) is 6.00. The van der Waals surface area contributed by atoms with Crippen LogP contribution in [0.3, 0.4) is 0 Å². The summed E-state index contributed by atoms with van der Waals surface area (Å²) in [5, 5.41) is 17.3. The number of piperidine rings is 1. The van der Waals surface area contributed by atoms with Crippen LogP contribution in [0.1, 0.15) is 31.1 Å². The van der Waals surface area contributed by atoms with E-state index in [1.807, 2.05) is 31.3 Å². The van der Waals surface area contributed by atoms with Gasteiger partial charge in [-0.05, 0) is 54.9 Å². The van der Waals surface area contributed by atoms with Crippen LogP contribution in [0.4, 0.5) is 0 Å². The van der Waals surface area contributed by atoms with E-state index in [0.717, 1.165) is 36.6 Å². The summed E-state index contributed by atoms with van der Waals surface area (Å²) < 4.78 is 0. The molecule has 0 saturated carbocycles. The van der Waals surface area contributed by atoms with Crippen molar-refractivity contribution >= 4 is 28.9 Å². The van der Waals surface area contributed by atoms with Gasteiger partial charge in [-0.3, -0.25) is 0 Å². The summed E-state index contributed by atoms with van der Waals surface area (Å²) >= 11 is 11.4. The second-order valence-electron chi connectivity index (χ2n) is 5.18. The van der Waals surface area contributed by atoms with Gasteiger partial charge in [-0.2, -0.15) is 0 Å². The molecular formula is C14H17ClN6S. The third-order valence-corrected chi connectivity index (χ3v) is 4.42. The summed E-state index contributed by atoms with van der Waals surface area (Å²) in [6, 6.07) is 7.46. The summed E-state index contributed by atoms with van der Waals surface area (Å²) in [5.74, 6) is 0.692. The van der Waals surface area contributed by atoms with Gasteiger partial charge in [-0.1, -0.05) is 17.7 Å². The van der Waals surface area contributed by atoms with Crippen molar-refractivity contribution in [1.29, 1.82) is 0 Å². The number of aromatic nitrogens is 4. The lowest BCUT2D eigenvalue weighted by Crippen LogP contribution is -2.43. The molecule has 1 aromatic heterocycles. The van der Waals surface area contributed by atoms with Gasteiger partial charge >= 0.3 is 0 Å². The van der Waals surface area contributed by atoms with Crippen LogP contribution in [0.5, 0.6) is 0 Å². The lowest BCUT2D eigenvalue weighted by Gasteiger charge is -2.35. The normalized spacial score (nSPS) is 18.3. The minimum Gasteiger partial charge on any atom is -0.366 e. The summed E-state index contributed by atoms with van der Waals surface area (Å²) in [4.78, 5) is 3.65. The second kappa shape index (κ2) is 6.58. The molecule has 3 rings (SSSR count). The van der Waals surface area contributed by atoms with E-state index in [2.05, 4.69) is 25.6 Å². The molecule has 0 radical (unpaired) electrons.